The number of nitrogens with zero attached hydrogens (tertiary/aromatic N) is 1. The molecule has 1 aromatic heterocycles. The quantitative estimate of drug-likeness (QED) is 0.696. The van der Waals surface area contributed by atoms with Crippen molar-refractivity contribution in [3.8, 4) is 5.75 Å². The van der Waals surface area contributed by atoms with Crippen LogP contribution in [0, 0.1) is 0 Å². The number of carbonyl (C=O) groups is 1. The number of fused-ring (bicyclic) bond motifs is 2. The van der Waals surface area contributed by atoms with E-state index in [1.807, 2.05) is 48.5 Å². The number of carbonyl (C=O) groups excluding carboxylic acids is 1. The predicted molar refractivity (Wildman–Crippen MR) is 94.6 cm³/mol. The molecule has 2 aromatic carbocycles. The van der Waals surface area contributed by atoms with E-state index in [2.05, 4.69) is 26.0 Å². The maximum absolute atomic E-state index is 12.5. The van der Waals surface area contributed by atoms with E-state index in [1.54, 1.807) is 0 Å². The minimum atomic E-state index is -0.368. The highest BCUT2D eigenvalue weighted by atomic mass is 16.5. The molecular weight excluding hydrogens is 298 g/mol. The molecule has 0 amide bonds. The number of Topliss-reactive ketones (excluding diaryl/α,β-unsaturated/α-hetero) is 1. The second-order valence-electron chi connectivity index (χ2n) is 6.84. The van der Waals surface area contributed by atoms with Gasteiger partial charge in [-0.1, -0.05) is 50.2 Å². The zero-order valence-electron chi connectivity index (χ0n) is 13.8. The maximum atomic E-state index is 12.5. The van der Waals surface area contributed by atoms with Gasteiger partial charge in [-0.15, -0.1) is 0 Å². The molecule has 2 heterocycles. The largest absolute Gasteiger partial charge is 0.488 e. The van der Waals surface area contributed by atoms with E-state index < -0.39 is 0 Å². The lowest BCUT2D eigenvalue weighted by Gasteiger charge is -2.36. The lowest BCUT2D eigenvalue weighted by atomic mass is 9.78. The standard InChI is InChI=1S/C21H19NO2/c1-21(2,19-12-11-14-7-3-5-9-16(14)22-19)20-13-17(23)15-8-4-6-10-18(15)24-20/h3-12,20H,13H2,1-2H3. The van der Waals surface area contributed by atoms with Gasteiger partial charge in [-0.25, -0.2) is 0 Å². The summed E-state index contributed by atoms with van der Waals surface area (Å²) in [5.74, 6) is 0.809. The number of aromatic nitrogens is 1. The van der Waals surface area contributed by atoms with Crippen molar-refractivity contribution in [3.05, 3.63) is 71.9 Å². The summed E-state index contributed by atoms with van der Waals surface area (Å²) in [6.07, 6.45) is 0.145. The van der Waals surface area contributed by atoms with Gasteiger partial charge >= 0.3 is 0 Å². The molecule has 0 bridgehead atoms. The highest BCUT2D eigenvalue weighted by molar-refractivity contribution is 6.00. The first kappa shape index (κ1) is 14.9. The molecule has 24 heavy (non-hydrogen) atoms. The van der Waals surface area contributed by atoms with Crippen molar-refractivity contribution >= 4 is 16.7 Å². The Kier molecular flexibility index (Phi) is 3.38. The molecule has 0 aliphatic carbocycles. The van der Waals surface area contributed by atoms with E-state index in [1.165, 1.54) is 0 Å². The van der Waals surface area contributed by atoms with Crippen molar-refractivity contribution < 1.29 is 9.53 Å². The molecule has 1 aliphatic heterocycles. The Balaban J connectivity index is 1.73. The van der Waals surface area contributed by atoms with Crippen LogP contribution in [0.1, 0.15) is 36.3 Å². The van der Waals surface area contributed by atoms with E-state index in [9.17, 15) is 4.79 Å². The number of para-hydroxylation sites is 2. The second kappa shape index (κ2) is 5.45. The Labute approximate surface area is 141 Å². The molecule has 0 radical (unpaired) electrons. The van der Waals surface area contributed by atoms with Crippen LogP contribution in [0.15, 0.2) is 60.7 Å². The van der Waals surface area contributed by atoms with Gasteiger partial charge in [-0.2, -0.15) is 0 Å². The molecule has 3 heteroatoms. The summed E-state index contributed by atoms with van der Waals surface area (Å²) in [6.45, 7) is 4.19. The first-order chi connectivity index (χ1) is 11.6. The molecule has 120 valence electrons. The van der Waals surface area contributed by atoms with Crippen LogP contribution < -0.4 is 4.74 Å². The molecule has 1 atom stereocenters. The highest BCUT2D eigenvalue weighted by Gasteiger charge is 2.39. The van der Waals surface area contributed by atoms with Crippen molar-refractivity contribution in [1.82, 2.24) is 4.98 Å². The molecular formula is C21H19NO2. The molecule has 0 saturated heterocycles. The van der Waals surface area contributed by atoms with Crippen LogP contribution in [0.2, 0.25) is 0 Å². The molecule has 0 spiro atoms. The monoisotopic (exact) mass is 317 g/mol. The number of benzene rings is 2. The fourth-order valence-corrected chi connectivity index (χ4v) is 3.27. The van der Waals surface area contributed by atoms with Gasteiger partial charge in [-0.3, -0.25) is 9.78 Å². The first-order valence-corrected chi connectivity index (χ1v) is 8.21. The first-order valence-electron chi connectivity index (χ1n) is 8.21. The fourth-order valence-electron chi connectivity index (χ4n) is 3.27. The number of ketones is 1. The van der Waals surface area contributed by atoms with Crippen LogP contribution in [-0.2, 0) is 5.41 Å². The number of pyridine rings is 1. The van der Waals surface area contributed by atoms with Gasteiger partial charge < -0.3 is 4.74 Å². The predicted octanol–water partition coefficient (Wildman–Crippen LogP) is 4.55. The number of ether oxygens (including phenoxy) is 1. The highest BCUT2D eigenvalue weighted by Crippen LogP contribution is 2.37. The van der Waals surface area contributed by atoms with Gasteiger partial charge in [0.05, 0.1) is 16.8 Å². The zero-order valence-corrected chi connectivity index (χ0v) is 13.8. The van der Waals surface area contributed by atoms with E-state index >= 15 is 0 Å². The Morgan fingerprint density at radius 1 is 1.00 bits per heavy atom. The van der Waals surface area contributed by atoms with Crippen LogP contribution in [0.3, 0.4) is 0 Å². The SMILES string of the molecule is CC(C)(c1ccc2ccccc2n1)C1CC(=O)c2ccccc2O1. The Bertz CT molecular complexity index is 930. The van der Waals surface area contributed by atoms with Gasteiger partial charge in [0, 0.05) is 17.2 Å². The Hall–Kier alpha value is -2.68. The summed E-state index contributed by atoms with van der Waals surface area (Å²) in [5, 5.41) is 1.11. The molecule has 1 unspecified atom stereocenters. The molecule has 4 rings (SSSR count). The topological polar surface area (TPSA) is 39.2 Å². The maximum Gasteiger partial charge on any atom is 0.170 e. The molecule has 0 fully saturated rings. The van der Waals surface area contributed by atoms with E-state index in [0.29, 0.717) is 17.7 Å². The average Bonchev–Trinajstić information content (AvgIpc) is 2.61. The third kappa shape index (κ3) is 2.37. The van der Waals surface area contributed by atoms with Crippen molar-refractivity contribution in [2.24, 2.45) is 0 Å². The third-order valence-electron chi connectivity index (χ3n) is 4.89. The van der Waals surface area contributed by atoms with Gasteiger partial charge in [0.15, 0.2) is 5.78 Å². The van der Waals surface area contributed by atoms with Crippen molar-refractivity contribution in [2.75, 3.05) is 0 Å². The summed E-state index contributed by atoms with van der Waals surface area (Å²) in [6, 6.07) is 19.6. The third-order valence-corrected chi connectivity index (χ3v) is 4.89. The summed E-state index contributed by atoms with van der Waals surface area (Å²) >= 11 is 0. The molecule has 0 N–H and O–H groups in total. The van der Waals surface area contributed by atoms with Gasteiger partial charge in [-0.05, 0) is 24.3 Å². The van der Waals surface area contributed by atoms with Crippen LogP contribution in [0.5, 0.6) is 5.75 Å². The fraction of sp³-hybridized carbons (Fsp3) is 0.238. The normalized spacial score (nSPS) is 17.4. The Morgan fingerprint density at radius 3 is 2.62 bits per heavy atom. The van der Waals surface area contributed by atoms with E-state index in [-0.39, 0.29) is 17.3 Å². The van der Waals surface area contributed by atoms with Gasteiger partial charge in [0.2, 0.25) is 0 Å². The smallest absolute Gasteiger partial charge is 0.170 e. The lowest BCUT2D eigenvalue weighted by molar-refractivity contribution is 0.0697. The summed E-state index contributed by atoms with van der Waals surface area (Å²) in [7, 11) is 0. The van der Waals surface area contributed by atoms with Crippen LogP contribution in [0.4, 0.5) is 0 Å². The van der Waals surface area contributed by atoms with E-state index in [4.69, 9.17) is 9.72 Å². The number of hydrogen-bond acceptors (Lipinski definition) is 3. The lowest BCUT2D eigenvalue weighted by Crippen LogP contribution is -2.43. The van der Waals surface area contributed by atoms with E-state index in [0.717, 1.165) is 16.6 Å². The molecule has 3 aromatic rings. The van der Waals surface area contributed by atoms with Gasteiger partial charge in [0.25, 0.3) is 0 Å². The minimum absolute atomic E-state index is 0.135. The average molecular weight is 317 g/mol. The van der Waals surface area contributed by atoms with Crippen LogP contribution in [-0.4, -0.2) is 16.9 Å². The number of rotatable bonds is 2. The van der Waals surface area contributed by atoms with Crippen molar-refractivity contribution in [1.29, 1.82) is 0 Å². The van der Waals surface area contributed by atoms with Crippen molar-refractivity contribution in [3.63, 3.8) is 0 Å². The zero-order chi connectivity index (χ0) is 16.7. The van der Waals surface area contributed by atoms with Crippen LogP contribution >= 0.6 is 0 Å². The minimum Gasteiger partial charge on any atom is -0.488 e. The molecule has 3 nitrogen and oxygen atoms in total. The number of hydrogen-bond donors (Lipinski definition) is 0. The summed E-state index contributed by atoms with van der Waals surface area (Å²) in [4.78, 5) is 17.3. The molecule has 1 aliphatic rings. The second-order valence-corrected chi connectivity index (χ2v) is 6.84. The van der Waals surface area contributed by atoms with Crippen LogP contribution in [0.25, 0.3) is 10.9 Å². The van der Waals surface area contributed by atoms with Crippen molar-refractivity contribution in [2.45, 2.75) is 31.8 Å². The van der Waals surface area contributed by atoms with Gasteiger partial charge in [0.1, 0.15) is 11.9 Å². The molecule has 0 saturated carbocycles. The summed E-state index contributed by atoms with van der Waals surface area (Å²) in [5.41, 5.74) is 2.22. The Morgan fingerprint density at radius 2 is 1.75 bits per heavy atom. The summed E-state index contributed by atoms with van der Waals surface area (Å²) < 4.78 is 6.17.